The van der Waals surface area contributed by atoms with E-state index in [1.165, 1.54) is 18.2 Å². The van der Waals surface area contributed by atoms with E-state index in [2.05, 4.69) is 5.32 Å². The molecule has 0 aliphatic carbocycles. The number of nitrogens with zero attached hydrogens (tertiary/aromatic N) is 2. The van der Waals surface area contributed by atoms with Gasteiger partial charge in [-0.1, -0.05) is 11.6 Å². The number of hydrogen-bond donors (Lipinski definition) is 1. The lowest BCUT2D eigenvalue weighted by atomic mass is 10.2. The van der Waals surface area contributed by atoms with Gasteiger partial charge in [0.2, 0.25) is 5.91 Å². The van der Waals surface area contributed by atoms with E-state index in [0.717, 1.165) is 0 Å². The summed E-state index contributed by atoms with van der Waals surface area (Å²) in [6, 6.07) is 3.96. The molecule has 1 heterocycles. The van der Waals surface area contributed by atoms with Crippen molar-refractivity contribution < 1.29 is 14.5 Å². The fourth-order valence-corrected chi connectivity index (χ4v) is 2.75. The van der Waals surface area contributed by atoms with E-state index in [-0.39, 0.29) is 35.4 Å². The lowest BCUT2D eigenvalue weighted by molar-refractivity contribution is -0.384. The van der Waals surface area contributed by atoms with Gasteiger partial charge in [-0.2, -0.15) is 0 Å². The molecule has 1 saturated heterocycles. The Morgan fingerprint density at radius 2 is 2.09 bits per heavy atom. The van der Waals surface area contributed by atoms with Gasteiger partial charge in [-0.15, -0.1) is 0 Å². The number of carbonyl (C=O) groups excluding carboxylic acids is 1. The minimum atomic E-state index is -0.534. The van der Waals surface area contributed by atoms with Crippen LogP contribution >= 0.6 is 11.6 Å². The summed E-state index contributed by atoms with van der Waals surface area (Å²) in [5.41, 5.74) is 0.255. The third-order valence-corrected chi connectivity index (χ3v) is 3.61. The predicted molar refractivity (Wildman–Crippen MR) is 83.2 cm³/mol. The van der Waals surface area contributed by atoms with Crippen LogP contribution in [0.4, 0.5) is 11.4 Å². The maximum atomic E-state index is 12.1. The van der Waals surface area contributed by atoms with Gasteiger partial charge in [-0.05, 0) is 19.9 Å². The van der Waals surface area contributed by atoms with Gasteiger partial charge in [-0.3, -0.25) is 19.8 Å². The summed E-state index contributed by atoms with van der Waals surface area (Å²) in [5, 5.41) is 13.5. The Morgan fingerprint density at radius 3 is 2.64 bits per heavy atom. The van der Waals surface area contributed by atoms with E-state index in [1.54, 1.807) is 0 Å². The van der Waals surface area contributed by atoms with Crippen LogP contribution in [0.25, 0.3) is 0 Å². The summed E-state index contributed by atoms with van der Waals surface area (Å²) in [6.07, 6.45) is 0.166. The number of rotatable bonds is 4. The number of carbonyl (C=O) groups is 1. The predicted octanol–water partition coefficient (Wildman–Crippen LogP) is 2.30. The van der Waals surface area contributed by atoms with Crippen molar-refractivity contribution in [3.05, 3.63) is 33.3 Å². The third-order valence-electron chi connectivity index (χ3n) is 3.30. The molecule has 0 aromatic heterocycles. The number of nitrogens with one attached hydrogen (secondary N) is 1. The fraction of sp³-hybridized carbons (Fsp3) is 0.500. The number of nitro groups is 1. The normalized spacial score (nSPS) is 22.3. The first-order chi connectivity index (χ1) is 10.3. The molecule has 0 saturated carbocycles. The topological polar surface area (TPSA) is 84.7 Å². The van der Waals surface area contributed by atoms with E-state index in [9.17, 15) is 14.9 Å². The zero-order chi connectivity index (χ0) is 16.3. The molecule has 1 amide bonds. The maximum Gasteiger partial charge on any atom is 0.271 e. The monoisotopic (exact) mass is 327 g/mol. The SMILES string of the molecule is CC1CN(CC(=O)Nc2ccc([N+](=O)[O-])cc2Cl)CC(C)O1. The summed E-state index contributed by atoms with van der Waals surface area (Å²) in [5.74, 6) is -0.211. The van der Waals surface area contributed by atoms with Crippen molar-refractivity contribution in [1.29, 1.82) is 0 Å². The van der Waals surface area contributed by atoms with Crippen LogP contribution < -0.4 is 5.32 Å². The van der Waals surface area contributed by atoms with E-state index in [1.807, 2.05) is 18.7 Å². The minimum absolute atomic E-state index is 0.0829. The van der Waals surface area contributed by atoms with Gasteiger partial charge in [-0.25, -0.2) is 0 Å². The second kappa shape index (κ2) is 7.04. The highest BCUT2D eigenvalue weighted by atomic mass is 35.5. The lowest BCUT2D eigenvalue weighted by Crippen LogP contribution is -2.48. The number of hydrogen-bond acceptors (Lipinski definition) is 5. The first-order valence-electron chi connectivity index (χ1n) is 6.96. The van der Waals surface area contributed by atoms with Crippen molar-refractivity contribution in [2.75, 3.05) is 25.0 Å². The molecule has 8 heteroatoms. The molecule has 0 bridgehead atoms. The molecular formula is C14H18ClN3O4. The molecule has 2 atom stereocenters. The molecule has 1 fully saturated rings. The second-order valence-corrected chi connectivity index (χ2v) is 5.83. The molecule has 0 radical (unpaired) electrons. The van der Waals surface area contributed by atoms with Gasteiger partial charge in [0.05, 0.1) is 34.4 Å². The fourth-order valence-electron chi connectivity index (χ4n) is 2.53. The highest BCUT2D eigenvalue weighted by Gasteiger charge is 2.24. The molecule has 1 N–H and O–H groups in total. The van der Waals surface area contributed by atoms with Crippen molar-refractivity contribution in [3.8, 4) is 0 Å². The zero-order valence-electron chi connectivity index (χ0n) is 12.4. The summed E-state index contributed by atoms with van der Waals surface area (Å²) < 4.78 is 5.61. The smallest absolute Gasteiger partial charge is 0.271 e. The van der Waals surface area contributed by atoms with E-state index in [4.69, 9.17) is 16.3 Å². The molecular weight excluding hydrogens is 310 g/mol. The molecule has 2 unspecified atom stereocenters. The van der Waals surface area contributed by atoms with E-state index >= 15 is 0 Å². The largest absolute Gasteiger partial charge is 0.373 e. The maximum absolute atomic E-state index is 12.1. The van der Waals surface area contributed by atoms with Gasteiger partial charge in [0.25, 0.3) is 5.69 Å². The van der Waals surface area contributed by atoms with Crippen LogP contribution in [0.15, 0.2) is 18.2 Å². The molecule has 120 valence electrons. The number of anilines is 1. The summed E-state index contributed by atoms with van der Waals surface area (Å²) in [6.45, 7) is 5.53. The van der Waals surface area contributed by atoms with Crippen LogP contribution in [0.3, 0.4) is 0 Å². The van der Waals surface area contributed by atoms with Crippen LogP contribution in [0.1, 0.15) is 13.8 Å². The number of ether oxygens (including phenoxy) is 1. The van der Waals surface area contributed by atoms with Crippen LogP contribution in [0, 0.1) is 10.1 Å². The zero-order valence-corrected chi connectivity index (χ0v) is 13.2. The Kier molecular flexibility index (Phi) is 5.33. The Labute approximate surface area is 133 Å². The number of amides is 1. The molecule has 1 aromatic carbocycles. The number of benzene rings is 1. The summed E-state index contributed by atoms with van der Waals surface area (Å²) in [7, 11) is 0. The van der Waals surface area contributed by atoms with Crippen LogP contribution in [-0.4, -0.2) is 47.6 Å². The molecule has 0 spiro atoms. The molecule has 1 aliphatic heterocycles. The van der Waals surface area contributed by atoms with Crippen molar-refractivity contribution in [2.45, 2.75) is 26.1 Å². The number of morpholine rings is 1. The van der Waals surface area contributed by atoms with Crippen molar-refractivity contribution in [1.82, 2.24) is 4.90 Å². The van der Waals surface area contributed by atoms with Gasteiger partial charge in [0.15, 0.2) is 0 Å². The third kappa shape index (κ3) is 4.40. The molecule has 1 aliphatic rings. The standard InChI is InChI=1S/C14H18ClN3O4/c1-9-6-17(7-10(2)22-9)8-14(19)16-13-4-3-11(18(20)21)5-12(13)15/h3-5,9-10H,6-8H2,1-2H3,(H,16,19). The van der Waals surface area contributed by atoms with Crippen LogP contribution in [0.5, 0.6) is 0 Å². The van der Waals surface area contributed by atoms with Crippen LogP contribution in [-0.2, 0) is 9.53 Å². The average molecular weight is 328 g/mol. The Morgan fingerprint density at radius 1 is 1.45 bits per heavy atom. The first-order valence-corrected chi connectivity index (χ1v) is 7.34. The van der Waals surface area contributed by atoms with E-state index < -0.39 is 4.92 Å². The molecule has 22 heavy (non-hydrogen) atoms. The quantitative estimate of drug-likeness (QED) is 0.677. The number of nitro benzene ring substituents is 1. The lowest BCUT2D eigenvalue weighted by Gasteiger charge is -2.34. The van der Waals surface area contributed by atoms with Crippen molar-refractivity contribution in [3.63, 3.8) is 0 Å². The highest BCUT2D eigenvalue weighted by molar-refractivity contribution is 6.34. The van der Waals surface area contributed by atoms with Gasteiger partial charge in [0, 0.05) is 25.2 Å². The van der Waals surface area contributed by atoms with Gasteiger partial charge in [0.1, 0.15) is 0 Å². The minimum Gasteiger partial charge on any atom is -0.373 e. The van der Waals surface area contributed by atoms with Crippen molar-refractivity contribution in [2.24, 2.45) is 0 Å². The number of halogens is 1. The molecule has 7 nitrogen and oxygen atoms in total. The highest BCUT2D eigenvalue weighted by Crippen LogP contribution is 2.26. The van der Waals surface area contributed by atoms with Gasteiger partial charge >= 0.3 is 0 Å². The Balaban J connectivity index is 1.96. The van der Waals surface area contributed by atoms with Crippen LogP contribution in [0.2, 0.25) is 5.02 Å². The second-order valence-electron chi connectivity index (χ2n) is 5.42. The summed E-state index contributed by atoms with van der Waals surface area (Å²) in [4.78, 5) is 24.2. The average Bonchev–Trinajstić information content (AvgIpc) is 2.39. The Bertz CT molecular complexity index is 571. The van der Waals surface area contributed by atoms with Crippen molar-refractivity contribution >= 4 is 28.9 Å². The first kappa shape index (κ1) is 16.7. The summed E-state index contributed by atoms with van der Waals surface area (Å²) >= 11 is 5.95. The molecule has 1 aromatic rings. The Hall–Kier alpha value is -1.70. The molecule has 2 rings (SSSR count). The number of non-ortho nitro benzene ring substituents is 1. The van der Waals surface area contributed by atoms with E-state index in [0.29, 0.717) is 18.8 Å². The van der Waals surface area contributed by atoms with Gasteiger partial charge < -0.3 is 10.1 Å².